The van der Waals surface area contributed by atoms with E-state index in [0.29, 0.717) is 9.32 Å². The molecule has 1 amide bonds. The minimum absolute atomic E-state index is 0. The van der Waals surface area contributed by atoms with Gasteiger partial charge < -0.3 is 15.0 Å². The molecule has 0 aliphatic carbocycles. The summed E-state index contributed by atoms with van der Waals surface area (Å²) >= 11 is 5.49. The number of aliphatic hydroxyl groups is 1. The number of nitrogens with zero attached hydrogens (tertiary/aromatic N) is 3. The number of fused-ring (bicyclic) bond motifs is 1. The molecular formula is C11H10KN3O4S4. The van der Waals surface area contributed by atoms with E-state index >= 15 is 0 Å². The van der Waals surface area contributed by atoms with Crippen LogP contribution >= 0.6 is 46.6 Å². The van der Waals surface area contributed by atoms with Gasteiger partial charge in [0.1, 0.15) is 10.9 Å². The Morgan fingerprint density at radius 1 is 1.57 bits per heavy atom. The second kappa shape index (κ2) is 8.51. The molecule has 1 aromatic rings. The Balaban J connectivity index is 0.00000192. The van der Waals surface area contributed by atoms with Crippen LogP contribution in [-0.2, 0) is 9.59 Å². The van der Waals surface area contributed by atoms with Crippen molar-refractivity contribution in [2.24, 2.45) is 5.92 Å². The van der Waals surface area contributed by atoms with Gasteiger partial charge >= 0.3 is 51.4 Å². The molecule has 3 heterocycles. The summed E-state index contributed by atoms with van der Waals surface area (Å²) in [6.45, 7) is 1.54. The summed E-state index contributed by atoms with van der Waals surface area (Å²) in [6.07, 6.45) is -0.802. The zero-order valence-electron chi connectivity index (χ0n) is 12.2. The number of rotatable bonds is 6. The number of hydrogen-bond acceptors (Lipinski definition) is 10. The Kier molecular flexibility index (Phi) is 7.48. The Labute approximate surface area is 191 Å². The monoisotopic (exact) mass is 415 g/mol. The summed E-state index contributed by atoms with van der Waals surface area (Å²) in [5.74, 6) is -2.29. The number of carbonyl (C=O) groups is 2. The van der Waals surface area contributed by atoms with Gasteiger partial charge in [-0.05, 0) is 6.92 Å². The molecule has 0 unspecified atom stereocenters. The van der Waals surface area contributed by atoms with Gasteiger partial charge in [0.2, 0.25) is 5.91 Å². The summed E-state index contributed by atoms with van der Waals surface area (Å²) in [7, 11) is 0. The van der Waals surface area contributed by atoms with Crippen LogP contribution in [0.5, 0.6) is 0 Å². The molecule has 1 N–H and O–H groups in total. The maximum absolute atomic E-state index is 12.0. The molecule has 118 valence electrons. The van der Waals surface area contributed by atoms with E-state index in [9.17, 15) is 19.8 Å². The minimum atomic E-state index is -1.36. The standard InChI is InChI=1S/C11H11N3O4S4.K/c1-4(15)5-7(16)14-6(9(17)18)10(22-8(5)14)20-3-21-11-13-12-2-19-11;/h2,4-5,8,15H,3H2,1H3,(H,17,18);/q;+1/p-1/t4-,5+,8-;/m1./s1. The predicted molar refractivity (Wildman–Crippen MR) is 83.7 cm³/mol. The van der Waals surface area contributed by atoms with Gasteiger partial charge in [-0.25, -0.2) is 0 Å². The molecule has 0 radical (unpaired) electrons. The van der Waals surface area contributed by atoms with Crippen LogP contribution in [0.25, 0.3) is 0 Å². The van der Waals surface area contributed by atoms with Gasteiger partial charge in [-0.1, -0.05) is 34.9 Å². The normalized spacial score (nSPS) is 24.1. The van der Waals surface area contributed by atoms with E-state index in [4.69, 9.17) is 0 Å². The molecule has 2 aliphatic heterocycles. The number of amides is 1. The summed E-state index contributed by atoms with van der Waals surface area (Å²) in [5.41, 5.74) is 1.54. The van der Waals surface area contributed by atoms with Crippen LogP contribution in [0.1, 0.15) is 6.92 Å². The average Bonchev–Trinajstić information content (AvgIpc) is 3.04. The first-order chi connectivity index (χ1) is 10.5. The van der Waals surface area contributed by atoms with Crippen molar-refractivity contribution in [3.05, 3.63) is 15.4 Å². The van der Waals surface area contributed by atoms with Gasteiger partial charge in [-0.2, -0.15) is 0 Å². The molecule has 0 aromatic carbocycles. The molecule has 1 aromatic heterocycles. The van der Waals surface area contributed by atoms with Crippen molar-refractivity contribution in [3.8, 4) is 0 Å². The summed E-state index contributed by atoms with van der Waals surface area (Å²) < 4.78 is 1.34. The number of aromatic nitrogens is 2. The van der Waals surface area contributed by atoms with Gasteiger partial charge in [0.25, 0.3) is 0 Å². The van der Waals surface area contributed by atoms with E-state index in [1.807, 2.05) is 0 Å². The van der Waals surface area contributed by atoms with E-state index in [2.05, 4.69) is 10.2 Å². The second-order valence-corrected chi connectivity index (χ2v) is 9.31. The molecule has 0 bridgehead atoms. The third kappa shape index (κ3) is 4.01. The number of carboxylic acids is 1. The molecule has 0 saturated carbocycles. The van der Waals surface area contributed by atoms with Crippen molar-refractivity contribution in [2.75, 3.05) is 5.08 Å². The van der Waals surface area contributed by atoms with Crippen LogP contribution in [0.4, 0.5) is 0 Å². The SMILES string of the molecule is C[C@@H](O)[C@H]1C(=O)N2C(C(=O)[O-])=C(SCSc3nncs3)S[C@H]12.[K+]. The van der Waals surface area contributed by atoms with E-state index in [0.717, 1.165) is 4.34 Å². The first-order valence-electron chi connectivity index (χ1n) is 6.16. The number of carbonyl (C=O) groups excluding carboxylic acids is 2. The molecular weight excluding hydrogens is 406 g/mol. The van der Waals surface area contributed by atoms with Crippen LogP contribution in [0.2, 0.25) is 0 Å². The van der Waals surface area contributed by atoms with Crippen LogP contribution in [0.3, 0.4) is 0 Å². The summed E-state index contributed by atoms with van der Waals surface area (Å²) in [4.78, 5) is 24.6. The van der Waals surface area contributed by atoms with Crippen molar-refractivity contribution in [2.45, 2.75) is 22.7 Å². The summed E-state index contributed by atoms with van der Waals surface area (Å²) in [6, 6.07) is 0. The zero-order chi connectivity index (χ0) is 15.9. The van der Waals surface area contributed by atoms with Gasteiger partial charge in [0, 0.05) is 0 Å². The van der Waals surface area contributed by atoms with E-state index < -0.39 is 18.0 Å². The molecule has 3 atom stereocenters. The second-order valence-electron chi connectivity index (χ2n) is 4.52. The van der Waals surface area contributed by atoms with Crippen molar-refractivity contribution in [1.29, 1.82) is 0 Å². The number of thioether (sulfide) groups is 3. The molecule has 12 heteroatoms. The maximum atomic E-state index is 12.0. The molecule has 0 spiro atoms. The van der Waals surface area contributed by atoms with Crippen molar-refractivity contribution in [3.63, 3.8) is 0 Å². The minimum Gasteiger partial charge on any atom is -0.543 e. The number of β-lactam (4-membered cyclic amide) rings is 1. The molecule has 23 heavy (non-hydrogen) atoms. The van der Waals surface area contributed by atoms with E-state index in [1.165, 1.54) is 58.4 Å². The van der Waals surface area contributed by atoms with Gasteiger partial charge in [0.05, 0.1) is 33.0 Å². The number of carboxylic acid groups (broad SMARTS) is 1. The van der Waals surface area contributed by atoms with Crippen LogP contribution < -0.4 is 56.5 Å². The Morgan fingerprint density at radius 2 is 2.30 bits per heavy atom. The molecule has 7 nitrogen and oxygen atoms in total. The fourth-order valence-corrected chi connectivity index (χ4v) is 7.12. The topological polar surface area (TPSA) is 106 Å². The average molecular weight is 416 g/mol. The number of aliphatic hydroxyl groups excluding tert-OH is 1. The Morgan fingerprint density at radius 3 is 2.87 bits per heavy atom. The fraction of sp³-hybridized carbons (Fsp3) is 0.455. The Bertz CT molecular complexity index is 639. The molecule has 2 aliphatic rings. The van der Waals surface area contributed by atoms with Crippen molar-refractivity contribution in [1.82, 2.24) is 15.1 Å². The third-order valence-electron chi connectivity index (χ3n) is 3.17. The molecule has 1 saturated heterocycles. The smallest absolute Gasteiger partial charge is 0.543 e. The number of aliphatic carboxylic acids is 1. The fourth-order valence-electron chi connectivity index (χ4n) is 2.20. The largest absolute Gasteiger partial charge is 1.00 e. The zero-order valence-corrected chi connectivity index (χ0v) is 18.6. The quantitative estimate of drug-likeness (QED) is 0.227. The third-order valence-corrected chi connectivity index (χ3v) is 7.82. The predicted octanol–water partition coefficient (Wildman–Crippen LogP) is -2.84. The van der Waals surface area contributed by atoms with Crippen LogP contribution in [-0.4, -0.2) is 48.6 Å². The first-order valence-corrected chi connectivity index (χ1v) is 9.89. The molecule has 3 rings (SSSR count). The van der Waals surface area contributed by atoms with Crippen molar-refractivity contribution >= 4 is 58.5 Å². The number of hydrogen-bond donors (Lipinski definition) is 1. The van der Waals surface area contributed by atoms with Crippen molar-refractivity contribution < 1.29 is 71.2 Å². The molecule has 1 fully saturated rings. The van der Waals surface area contributed by atoms with E-state index in [-0.39, 0.29) is 68.4 Å². The van der Waals surface area contributed by atoms with Gasteiger partial charge in [0.15, 0.2) is 4.34 Å². The first kappa shape index (κ1) is 20.2. The van der Waals surface area contributed by atoms with Gasteiger partial charge in [-0.15, -0.1) is 22.0 Å². The Hall–Kier alpha value is 0.886. The van der Waals surface area contributed by atoms with Gasteiger partial charge in [-0.3, -0.25) is 9.69 Å². The van der Waals surface area contributed by atoms with Crippen LogP contribution in [0, 0.1) is 5.92 Å². The van der Waals surface area contributed by atoms with E-state index in [1.54, 1.807) is 5.51 Å². The summed E-state index contributed by atoms with van der Waals surface area (Å²) in [5, 5.41) is 28.8. The maximum Gasteiger partial charge on any atom is 1.00 e. The van der Waals surface area contributed by atoms with Crippen LogP contribution in [0.15, 0.2) is 19.8 Å².